The molecule has 112 valence electrons. The summed E-state index contributed by atoms with van der Waals surface area (Å²) in [7, 11) is 0. The Bertz CT molecular complexity index is 485. The van der Waals surface area contributed by atoms with E-state index < -0.39 is 0 Å². The molecule has 0 aromatic heterocycles. The van der Waals surface area contributed by atoms with E-state index in [-0.39, 0.29) is 23.7 Å². The van der Waals surface area contributed by atoms with E-state index in [4.69, 9.17) is 0 Å². The summed E-state index contributed by atoms with van der Waals surface area (Å²) in [6.07, 6.45) is 16.1. The number of nitrogens with zero attached hydrogens (tertiary/aromatic N) is 1. The largest absolute Gasteiger partial charge is 0.278 e. The third kappa shape index (κ3) is 2.09. The van der Waals surface area contributed by atoms with Crippen LogP contribution in [0.5, 0.6) is 0 Å². The molecule has 4 rings (SSSR count). The summed E-state index contributed by atoms with van der Waals surface area (Å²) < 4.78 is 0. The molecule has 0 spiro atoms. The van der Waals surface area contributed by atoms with Gasteiger partial charge in [-0.05, 0) is 37.0 Å². The number of hydrogen-bond donors (Lipinski definition) is 0. The van der Waals surface area contributed by atoms with E-state index in [0.29, 0.717) is 24.3 Å². The minimum Gasteiger partial charge on any atom is -0.278 e. The quantitative estimate of drug-likeness (QED) is 0.590. The SMILES string of the molecule is O=C1C2C3C=CC(C3)C2C(=O)N1CC=CC1CCCCC1. The maximum Gasteiger partial charge on any atom is 0.234 e. The second-order valence-electron chi connectivity index (χ2n) is 7.11. The van der Waals surface area contributed by atoms with Crippen LogP contribution in [0.2, 0.25) is 0 Å². The number of hydrogen-bond acceptors (Lipinski definition) is 2. The van der Waals surface area contributed by atoms with Crippen LogP contribution in [-0.4, -0.2) is 23.3 Å². The molecule has 2 saturated carbocycles. The smallest absolute Gasteiger partial charge is 0.234 e. The Morgan fingerprint density at radius 1 is 1.00 bits per heavy atom. The summed E-state index contributed by atoms with van der Waals surface area (Å²) in [5.74, 6) is 1.37. The van der Waals surface area contributed by atoms with E-state index in [9.17, 15) is 9.59 Å². The number of rotatable bonds is 3. The Hall–Kier alpha value is -1.38. The van der Waals surface area contributed by atoms with Gasteiger partial charge in [-0.1, -0.05) is 43.6 Å². The molecule has 3 fully saturated rings. The second kappa shape index (κ2) is 5.11. The standard InChI is InChI=1S/C18H23NO2/c20-17-15-13-8-9-14(11-13)16(15)18(21)19(17)10-4-7-12-5-2-1-3-6-12/h4,7-9,12-16H,1-3,5-6,10-11H2. The number of allylic oxidation sites excluding steroid dienone is 3. The Labute approximate surface area is 126 Å². The summed E-state index contributed by atoms with van der Waals surface area (Å²) >= 11 is 0. The van der Waals surface area contributed by atoms with Crippen LogP contribution in [0.4, 0.5) is 0 Å². The molecule has 2 amide bonds. The topological polar surface area (TPSA) is 37.4 Å². The summed E-state index contributed by atoms with van der Waals surface area (Å²) in [6, 6.07) is 0. The van der Waals surface area contributed by atoms with Crippen molar-refractivity contribution >= 4 is 11.8 Å². The van der Waals surface area contributed by atoms with Gasteiger partial charge in [0.15, 0.2) is 0 Å². The van der Waals surface area contributed by atoms with Crippen molar-refractivity contribution in [3.63, 3.8) is 0 Å². The normalized spacial score (nSPS) is 39.0. The molecule has 3 nitrogen and oxygen atoms in total. The van der Waals surface area contributed by atoms with Gasteiger partial charge in [0, 0.05) is 6.54 Å². The first-order chi connectivity index (χ1) is 10.3. The molecular weight excluding hydrogens is 262 g/mol. The van der Waals surface area contributed by atoms with Gasteiger partial charge in [0.2, 0.25) is 11.8 Å². The van der Waals surface area contributed by atoms with Crippen molar-refractivity contribution in [2.75, 3.05) is 6.54 Å². The number of imide groups is 1. The first kappa shape index (κ1) is 13.3. The number of likely N-dealkylation sites (tertiary alicyclic amines) is 1. The summed E-state index contributed by atoms with van der Waals surface area (Å²) in [5.41, 5.74) is 0. The van der Waals surface area contributed by atoms with Crippen molar-refractivity contribution in [3.8, 4) is 0 Å². The zero-order chi connectivity index (χ0) is 14.4. The number of carbonyl (C=O) groups is 2. The lowest BCUT2D eigenvalue weighted by atomic mass is 9.85. The van der Waals surface area contributed by atoms with Crippen LogP contribution in [0.3, 0.4) is 0 Å². The van der Waals surface area contributed by atoms with Crippen LogP contribution in [0.15, 0.2) is 24.3 Å². The molecule has 3 aliphatic carbocycles. The monoisotopic (exact) mass is 285 g/mol. The van der Waals surface area contributed by atoms with Crippen LogP contribution < -0.4 is 0 Å². The third-order valence-corrected chi connectivity index (χ3v) is 5.91. The van der Waals surface area contributed by atoms with Gasteiger partial charge < -0.3 is 0 Å². The summed E-state index contributed by atoms with van der Waals surface area (Å²) in [4.78, 5) is 26.5. The predicted molar refractivity (Wildman–Crippen MR) is 80.2 cm³/mol. The Balaban J connectivity index is 1.41. The van der Waals surface area contributed by atoms with E-state index in [1.54, 1.807) is 0 Å². The molecule has 1 saturated heterocycles. The van der Waals surface area contributed by atoms with Crippen molar-refractivity contribution in [1.82, 2.24) is 4.90 Å². The van der Waals surface area contributed by atoms with Crippen LogP contribution in [0.1, 0.15) is 38.5 Å². The molecule has 4 unspecified atom stereocenters. The zero-order valence-corrected chi connectivity index (χ0v) is 12.4. The molecule has 1 aliphatic heterocycles. The number of fused-ring (bicyclic) bond motifs is 5. The third-order valence-electron chi connectivity index (χ3n) is 5.91. The fourth-order valence-corrected chi connectivity index (χ4v) is 4.83. The Morgan fingerprint density at radius 2 is 1.62 bits per heavy atom. The minimum atomic E-state index is -0.0458. The van der Waals surface area contributed by atoms with Gasteiger partial charge in [-0.3, -0.25) is 14.5 Å². The van der Waals surface area contributed by atoms with Crippen LogP contribution in [0.25, 0.3) is 0 Å². The molecule has 0 N–H and O–H groups in total. The first-order valence-corrected chi connectivity index (χ1v) is 8.46. The molecule has 21 heavy (non-hydrogen) atoms. The van der Waals surface area contributed by atoms with Gasteiger partial charge in [-0.2, -0.15) is 0 Å². The van der Waals surface area contributed by atoms with Crippen LogP contribution in [-0.2, 0) is 9.59 Å². The van der Waals surface area contributed by atoms with Crippen molar-refractivity contribution in [1.29, 1.82) is 0 Å². The van der Waals surface area contributed by atoms with Gasteiger partial charge >= 0.3 is 0 Å². The van der Waals surface area contributed by atoms with Crippen molar-refractivity contribution in [3.05, 3.63) is 24.3 Å². The lowest BCUT2D eigenvalue weighted by Gasteiger charge is -2.19. The van der Waals surface area contributed by atoms with Gasteiger partial charge in [-0.25, -0.2) is 0 Å². The highest BCUT2D eigenvalue weighted by molar-refractivity contribution is 6.06. The van der Waals surface area contributed by atoms with E-state index in [0.717, 1.165) is 6.42 Å². The molecular formula is C18H23NO2. The molecule has 4 atom stereocenters. The first-order valence-electron chi connectivity index (χ1n) is 8.46. The highest BCUT2D eigenvalue weighted by atomic mass is 16.2. The van der Waals surface area contributed by atoms with Gasteiger partial charge in [0.05, 0.1) is 11.8 Å². The van der Waals surface area contributed by atoms with Crippen molar-refractivity contribution in [2.24, 2.45) is 29.6 Å². The van der Waals surface area contributed by atoms with E-state index >= 15 is 0 Å². The molecule has 2 bridgehead atoms. The fraction of sp³-hybridized carbons (Fsp3) is 0.667. The average molecular weight is 285 g/mol. The van der Waals surface area contributed by atoms with Gasteiger partial charge in [-0.15, -0.1) is 0 Å². The number of amides is 2. The maximum absolute atomic E-state index is 12.5. The molecule has 3 heteroatoms. The molecule has 0 radical (unpaired) electrons. The molecule has 0 aromatic rings. The number of carbonyl (C=O) groups excluding carboxylic acids is 2. The average Bonchev–Trinajstić information content (AvgIpc) is 3.17. The van der Waals surface area contributed by atoms with Crippen LogP contribution >= 0.6 is 0 Å². The Kier molecular flexibility index (Phi) is 3.24. The molecule has 4 aliphatic rings. The minimum absolute atomic E-state index is 0.0458. The van der Waals surface area contributed by atoms with Gasteiger partial charge in [0.25, 0.3) is 0 Å². The van der Waals surface area contributed by atoms with E-state index in [1.807, 2.05) is 0 Å². The highest BCUT2D eigenvalue weighted by Crippen LogP contribution is 2.52. The summed E-state index contributed by atoms with van der Waals surface area (Å²) in [6.45, 7) is 0.487. The van der Waals surface area contributed by atoms with E-state index in [2.05, 4.69) is 24.3 Å². The lowest BCUT2D eigenvalue weighted by molar-refractivity contribution is -0.140. The van der Waals surface area contributed by atoms with Crippen LogP contribution in [0, 0.1) is 29.6 Å². The highest BCUT2D eigenvalue weighted by Gasteiger charge is 2.58. The zero-order valence-electron chi connectivity index (χ0n) is 12.4. The van der Waals surface area contributed by atoms with E-state index in [1.165, 1.54) is 37.0 Å². The van der Waals surface area contributed by atoms with Crippen molar-refractivity contribution in [2.45, 2.75) is 38.5 Å². The molecule has 1 heterocycles. The molecule has 0 aromatic carbocycles. The maximum atomic E-state index is 12.5. The Morgan fingerprint density at radius 3 is 2.24 bits per heavy atom. The second-order valence-corrected chi connectivity index (χ2v) is 7.11. The fourth-order valence-electron chi connectivity index (χ4n) is 4.83. The van der Waals surface area contributed by atoms with Crippen molar-refractivity contribution < 1.29 is 9.59 Å². The summed E-state index contributed by atoms with van der Waals surface area (Å²) in [5, 5.41) is 0. The van der Waals surface area contributed by atoms with Gasteiger partial charge in [0.1, 0.15) is 0 Å². The lowest BCUT2D eigenvalue weighted by Crippen LogP contribution is -2.33. The predicted octanol–water partition coefficient (Wildman–Crippen LogP) is 2.93.